The van der Waals surface area contributed by atoms with Crippen molar-refractivity contribution in [3.8, 4) is 18.1 Å². The van der Waals surface area contributed by atoms with Gasteiger partial charge >= 0.3 is 0 Å². The third-order valence-electron chi connectivity index (χ3n) is 2.57. The Balaban J connectivity index is 2.59. The molecule has 0 aliphatic heterocycles. The van der Waals surface area contributed by atoms with Crippen LogP contribution in [0, 0.1) is 18.2 Å². The molecule has 0 radical (unpaired) electrons. The van der Waals surface area contributed by atoms with Gasteiger partial charge in [-0.3, -0.25) is 0 Å². The van der Waals surface area contributed by atoms with Gasteiger partial charge in [-0.15, -0.1) is 6.42 Å². The van der Waals surface area contributed by atoms with E-state index in [1.54, 1.807) is 6.07 Å². The van der Waals surface area contributed by atoms with Crippen LogP contribution in [0.25, 0.3) is 0 Å². The van der Waals surface area contributed by atoms with E-state index >= 15 is 0 Å². The molecule has 1 fully saturated rings. The Bertz CT molecular complexity index is 430. The number of phenols is 1. The van der Waals surface area contributed by atoms with Crippen LogP contribution in [0.15, 0.2) is 16.6 Å². The van der Waals surface area contributed by atoms with Gasteiger partial charge < -0.3 is 5.11 Å². The minimum absolute atomic E-state index is 0.316. The second kappa shape index (κ2) is 2.99. The van der Waals surface area contributed by atoms with Gasteiger partial charge in [-0.1, -0.05) is 21.9 Å². The number of aromatic hydroxyl groups is 1. The van der Waals surface area contributed by atoms with Crippen LogP contribution in [-0.2, 0) is 5.41 Å². The number of hydrogen-bond acceptors (Lipinski definition) is 1. The zero-order chi connectivity index (χ0) is 10.3. The maximum absolute atomic E-state index is 13.2. The number of terminal acetylenes is 1. The molecular formula is C11H8BrFO. The lowest BCUT2D eigenvalue weighted by molar-refractivity contribution is 0.423. The van der Waals surface area contributed by atoms with E-state index in [-0.39, 0.29) is 5.75 Å². The molecule has 72 valence electrons. The third kappa shape index (κ3) is 1.31. The summed E-state index contributed by atoms with van der Waals surface area (Å²) in [6.45, 7) is 0. The lowest BCUT2D eigenvalue weighted by atomic mass is 9.96. The molecule has 1 aliphatic rings. The van der Waals surface area contributed by atoms with Gasteiger partial charge in [0.15, 0.2) is 11.6 Å². The summed E-state index contributed by atoms with van der Waals surface area (Å²) in [5, 5.41) is 9.54. The van der Waals surface area contributed by atoms with Gasteiger partial charge in [0.2, 0.25) is 0 Å². The highest BCUT2D eigenvalue weighted by molar-refractivity contribution is 9.10. The molecule has 0 amide bonds. The van der Waals surface area contributed by atoms with Gasteiger partial charge in [-0.05, 0) is 25.0 Å². The second-order valence-electron chi connectivity index (χ2n) is 3.51. The number of rotatable bonds is 1. The standard InChI is InChI=1S/C11H8BrFO/c1-2-11(3-4-11)8-5-7(12)6-9(13)10(8)14/h1,5-6,14H,3-4H2. The first-order valence-electron chi connectivity index (χ1n) is 4.25. The van der Waals surface area contributed by atoms with Crippen molar-refractivity contribution in [3.63, 3.8) is 0 Å². The molecular weight excluding hydrogens is 247 g/mol. The van der Waals surface area contributed by atoms with Crippen molar-refractivity contribution >= 4 is 15.9 Å². The number of halogens is 2. The predicted octanol–water partition coefficient (Wildman–Crippen LogP) is 2.96. The average Bonchev–Trinajstić information content (AvgIpc) is 2.92. The molecule has 0 spiro atoms. The fourth-order valence-corrected chi connectivity index (χ4v) is 1.98. The highest BCUT2D eigenvalue weighted by Gasteiger charge is 2.45. The van der Waals surface area contributed by atoms with E-state index < -0.39 is 11.2 Å². The monoisotopic (exact) mass is 254 g/mol. The molecule has 1 aromatic carbocycles. The molecule has 1 aliphatic carbocycles. The SMILES string of the molecule is C#CC1(c2cc(Br)cc(F)c2O)CC1. The Morgan fingerprint density at radius 2 is 2.14 bits per heavy atom. The Labute approximate surface area is 90.1 Å². The van der Waals surface area contributed by atoms with Crippen molar-refractivity contribution in [3.05, 3.63) is 28.0 Å². The van der Waals surface area contributed by atoms with Crippen LogP contribution >= 0.6 is 15.9 Å². The van der Waals surface area contributed by atoms with Crippen molar-refractivity contribution in [2.45, 2.75) is 18.3 Å². The molecule has 3 heteroatoms. The fourth-order valence-electron chi connectivity index (χ4n) is 1.55. The maximum Gasteiger partial charge on any atom is 0.166 e. The summed E-state index contributed by atoms with van der Waals surface area (Å²) in [4.78, 5) is 0. The van der Waals surface area contributed by atoms with Crippen LogP contribution in [0.1, 0.15) is 18.4 Å². The van der Waals surface area contributed by atoms with Crippen molar-refractivity contribution in [1.29, 1.82) is 0 Å². The van der Waals surface area contributed by atoms with Gasteiger partial charge in [0, 0.05) is 10.0 Å². The van der Waals surface area contributed by atoms with Crippen molar-refractivity contribution in [2.75, 3.05) is 0 Å². The van der Waals surface area contributed by atoms with Crippen molar-refractivity contribution in [1.82, 2.24) is 0 Å². The van der Waals surface area contributed by atoms with E-state index in [1.165, 1.54) is 6.07 Å². The van der Waals surface area contributed by atoms with Crippen LogP contribution in [0.2, 0.25) is 0 Å². The average molecular weight is 255 g/mol. The second-order valence-corrected chi connectivity index (χ2v) is 4.43. The van der Waals surface area contributed by atoms with Crippen LogP contribution in [0.5, 0.6) is 5.75 Å². The largest absolute Gasteiger partial charge is 0.505 e. The Morgan fingerprint density at radius 3 is 2.64 bits per heavy atom. The molecule has 0 bridgehead atoms. The molecule has 0 aromatic heterocycles. The molecule has 14 heavy (non-hydrogen) atoms. The summed E-state index contributed by atoms with van der Waals surface area (Å²) in [5.41, 5.74) is 0.0844. The van der Waals surface area contributed by atoms with Gasteiger partial charge in [0.1, 0.15) is 0 Å². The molecule has 2 rings (SSSR count). The van der Waals surface area contributed by atoms with Gasteiger partial charge in [-0.2, -0.15) is 0 Å². The maximum atomic E-state index is 13.2. The van der Waals surface area contributed by atoms with Crippen molar-refractivity contribution in [2.24, 2.45) is 0 Å². The smallest absolute Gasteiger partial charge is 0.166 e. The minimum atomic E-state index is -0.629. The van der Waals surface area contributed by atoms with Crippen LogP contribution in [0.4, 0.5) is 4.39 Å². The van der Waals surface area contributed by atoms with E-state index in [4.69, 9.17) is 6.42 Å². The quantitative estimate of drug-likeness (QED) is 0.765. The highest BCUT2D eigenvalue weighted by Crippen LogP contribution is 2.51. The summed E-state index contributed by atoms with van der Waals surface area (Å²) in [6, 6.07) is 2.91. The molecule has 0 atom stereocenters. The summed E-state index contributed by atoms with van der Waals surface area (Å²) in [5.74, 6) is 1.67. The van der Waals surface area contributed by atoms with Gasteiger partial charge in [0.05, 0.1) is 5.41 Å². The zero-order valence-electron chi connectivity index (χ0n) is 7.35. The summed E-state index contributed by atoms with van der Waals surface area (Å²) in [6.07, 6.45) is 7.00. The summed E-state index contributed by atoms with van der Waals surface area (Å²) >= 11 is 3.18. The lowest BCUT2D eigenvalue weighted by Crippen LogP contribution is -2.03. The van der Waals surface area contributed by atoms with E-state index in [9.17, 15) is 9.50 Å². The Kier molecular flexibility index (Phi) is 2.04. The summed E-state index contributed by atoms with van der Waals surface area (Å²) in [7, 11) is 0. The number of benzene rings is 1. The highest BCUT2D eigenvalue weighted by atomic mass is 79.9. The zero-order valence-corrected chi connectivity index (χ0v) is 8.94. The molecule has 0 saturated heterocycles. The first kappa shape index (κ1) is 9.54. The molecule has 0 heterocycles. The first-order valence-corrected chi connectivity index (χ1v) is 5.05. The van der Waals surface area contributed by atoms with E-state index in [2.05, 4.69) is 21.9 Å². The van der Waals surface area contributed by atoms with Crippen LogP contribution in [0.3, 0.4) is 0 Å². The van der Waals surface area contributed by atoms with Gasteiger partial charge in [0.25, 0.3) is 0 Å². The Hall–Kier alpha value is -1.01. The van der Waals surface area contributed by atoms with Crippen LogP contribution in [-0.4, -0.2) is 5.11 Å². The van der Waals surface area contributed by atoms with E-state index in [0.717, 1.165) is 12.8 Å². The lowest BCUT2D eigenvalue weighted by Gasteiger charge is -2.11. The first-order chi connectivity index (χ1) is 6.59. The molecule has 1 N–H and O–H groups in total. The number of phenolic OH excluding ortho intramolecular Hbond substituents is 1. The third-order valence-corrected chi connectivity index (χ3v) is 3.03. The van der Waals surface area contributed by atoms with E-state index in [0.29, 0.717) is 10.0 Å². The van der Waals surface area contributed by atoms with Crippen molar-refractivity contribution < 1.29 is 9.50 Å². The number of hydrogen-bond donors (Lipinski definition) is 1. The van der Waals surface area contributed by atoms with E-state index in [1.807, 2.05) is 0 Å². The molecule has 1 nitrogen and oxygen atoms in total. The molecule has 1 aromatic rings. The predicted molar refractivity (Wildman–Crippen MR) is 55.5 cm³/mol. The topological polar surface area (TPSA) is 20.2 Å². The van der Waals surface area contributed by atoms with Gasteiger partial charge in [-0.25, -0.2) is 4.39 Å². The summed E-state index contributed by atoms with van der Waals surface area (Å²) < 4.78 is 13.8. The molecule has 0 unspecified atom stereocenters. The minimum Gasteiger partial charge on any atom is -0.505 e. The normalized spacial score (nSPS) is 17.5. The van der Waals surface area contributed by atoms with Crippen LogP contribution < -0.4 is 0 Å². The molecule has 1 saturated carbocycles. The fraction of sp³-hybridized carbons (Fsp3) is 0.273. The Morgan fingerprint density at radius 1 is 1.50 bits per heavy atom.